The molecule has 0 aromatic heterocycles. The lowest BCUT2D eigenvalue weighted by atomic mass is 10.2. The molecular weight excluding hydrogens is 412 g/mol. The van der Waals surface area contributed by atoms with Crippen molar-refractivity contribution in [3.63, 3.8) is 0 Å². The van der Waals surface area contributed by atoms with Crippen LogP contribution in [0.4, 0.5) is 0 Å². The molecule has 0 aliphatic carbocycles. The summed E-state index contributed by atoms with van der Waals surface area (Å²) in [4.78, 5) is 0. The first-order chi connectivity index (χ1) is 16.3. The fourth-order valence-corrected chi connectivity index (χ4v) is 9.74. The number of aryl methyl sites for hydroxylation is 4. The monoisotopic (exact) mass is 448 g/mol. The highest BCUT2D eigenvalue weighted by molar-refractivity contribution is 6.80. The molecule has 0 bridgehead atoms. The summed E-state index contributed by atoms with van der Waals surface area (Å²) in [6, 6.07) is 50.1. The molecule has 0 saturated heterocycles. The molecule has 0 aliphatic rings. The molecule has 0 radical (unpaired) electrons. The summed E-state index contributed by atoms with van der Waals surface area (Å²) in [5.74, 6) is 0. The largest absolute Gasteiger partial charge is 0.0622 e. The lowest BCUT2D eigenvalue weighted by Gasteiger charge is -2.33. The Hall–Kier alpha value is -2.90. The van der Waals surface area contributed by atoms with E-state index in [0.29, 0.717) is 0 Å². The molecule has 0 amide bonds. The minimum absolute atomic E-state index is 1.21. The van der Waals surface area contributed by atoms with Crippen molar-refractivity contribution in [3.05, 3.63) is 144 Å². The van der Waals surface area contributed by atoms with Crippen LogP contribution >= 0.6 is 0 Å². The van der Waals surface area contributed by atoms with Crippen molar-refractivity contribution < 1.29 is 0 Å². The van der Waals surface area contributed by atoms with Gasteiger partial charge in [0.05, 0.1) is 8.07 Å². The molecule has 4 aromatic carbocycles. The highest BCUT2D eigenvalue weighted by Gasteiger charge is 2.31. The summed E-state index contributed by atoms with van der Waals surface area (Å²) in [5, 5.41) is 0. The van der Waals surface area contributed by atoms with Crippen molar-refractivity contribution in [2.75, 3.05) is 0 Å². The van der Waals surface area contributed by atoms with Crippen LogP contribution in [0.1, 0.15) is 22.3 Å². The Morgan fingerprint density at radius 2 is 0.515 bits per heavy atom. The maximum absolute atomic E-state index is 2.31. The van der Waals surface area contributed by atoms with Gasteiger partial charge in [0, 0.05) is 0 Å². The van der Waals surface area contributed by atoms with E-state index in [9.17, 15) is 0 Å². The number of hydrogen-bond donors (Lipinski definition) is 0. The zero-order valence-corrected chi connectivity index (χ0v) is 20.7. The highest BCUT2D eigenvalue weighted by atomic mass is 28.3. The van der Waals surface area contributed by atoms with Gasteiger partial charge >= 0.3 is 0 Å². The van der Waals surface area contributed by atoms with Crippen molar-refractivity contribution in [1.29, 1.82) is 0 Å². The number of rotatable bonds is 12. The van der Waals surface area contributed by atoms with E-state index in [-0.39, 0.29) is 0 Å². The first-order valence-electron chi connectivity index (χ1n) is 12.5. The summed E-state index contributed by atoms with van der Waals surface area (Å²) in [5.41, 5.74) is 5.98. The van der Waals surface area contributed by atoms with Crippen molar-refractivity contribution in [2.45, 2.75) is 49.9 Å². The normalized spacial score (nSPS) is 11.4. The molecule has 0 atom stereocenters. The number of hydrogen-bond acceptors (Lipinski definition) is 0. The molecule has 0 heterocycles. The summed E-state index contributed by atoms with van der Waals surface area (Å²) >= 11 is 0. The second-order valence-electron chi connectivity index (χ2n) is 9.44. The van der Waals surface area contributed by atoms with Gasteiger partial charge in [-0.3, -0.25) is 0 Å². The predicted molar refractivity (Wildman–Crippen MR) is 146 cm³/mol. The summed E-state index contributed by atoms with van der Waals surface area (Å²) < 4.78 is 0. The van der Waals surface area contributed by atoms with Crippen LogP contribution in [0, 0.1) is 0 Å². The average Bonchev–Trinajstić information content (AvgIpc) is 2.90. The van der Waals surface area contributed by atoms with Gasteiger partial charge in [0.1, 0.15) is 0 Å². The van der Waals surface area contributed by atoms with Crippen LogP contribution in [0.5, 0.6) is 0 Å². The van der Waals surface area contributed by atoms with Gasteiger partial charge in [-0.2, -0.15) is 0 Å². The molecule has 0 fully saturated rings. The van der Waals surface area contributed by atoms with Gasteiger partial charge in [0.15, 0.2) is 0 Å². The zero-order valence-electron chi connectivity index (χ0n) is 19.7. The van der Waals surface area contributed by atoms with E-state index in [1.54, 1.807) is 0 Å². The molecule has 1 heteroatoms. The van der Waals surface area contributed by atoms with Gasteiger partial charge in [-0.1, -0.05) is 146 Å². The van der Waals surface area contributed by atoms with Crippen molar-refractivity contribution in [3.8, 4) is 0 Å². The fourth-order valence-electron chi connectivity index (χ4n) is 4.97. The highest BCUT2D eigenvalue weighted by Crippen LogP contribution is 2.32. The van der Waals surface area contributed by atoms with Gasteiger partial charge in [0.2, 0.25) is 0 Å². The van der Waals surface area contributed by atoms with E-state index in [1.165, 1.54) is 72.1 Å². The third kappa shape index (κ3) is 7.58. The van der Waals surface area contributed by atoms with Crippen molar-refractivity contribution >= 4 is 8.07 Å². The Balaban J connectivity index is 1.56. The van der Waals surface area contributed by atoms with Gasteiger partial charge in [0.25, 0.3) is 0 Å². The Kier molecular flexibility index (Phi) is 8.72. The quantitative estimate of drug-likeness (QED) is 0.191. The van der Waals surface area contributed by atoms with Crippen LogP contribution in [-0.2, 0) is 25.7 Å². The van der Waals surface area contributed by atoms with E-state index in [2.05, 4.69) is 121 Å². The molecule has 33 heavy (non-hydrogen) atoms. The molecule has 168 valence electrons. The second kappa shape index (κ2) is 12.4. The smallest absolute Gasteiger partial charge is 0.0548 e. The third-order valence-corrected chi connectivity index (χ3v) is 12.4. The van der Waals surface area contributed by atoms with Crippen molar-refractivity contribution in [2.24, 2.45) is 0 Å². The first-order valence-corrected chi connectivity index (χ1v) is 15.3. The molecule has 0 nitrogen and oxygen atoms in total. The Labute approximate surface area is 201 Å². The molecule has 0 unspecified atom stereocenters. The molecule has 0 N–H and O–H groups in total. The molecular formula is C32H36Si. The van der Waals surface area contributed by atoms with E-state index in [4.69, 9.17) is 0 Å². The van der Waals surface area contributed by atoms with Crippen molar-refractivity contribution in [1.82, 2.24) is 0 Å². The lowest BCUT2D eigenvalue weighted by molar-refractivity contribution is 0.920. The van der Waals surface area contributed by atoms with Crippen LogP contribution in [0.15, 0.2) is 121 Å². The maximum Gasteiger partial charge on any atom is 0.0548 e. The minimum Gasteiger partial charge on any atom is -0.0622 e. The third-order valence-electron chi connectivity index (χ3n) is 7.15. The lowest BCUT2D eigenvalue weighted by Crippen LogP contribution is -2.36. The topological polar surface area (TPSA) is 0 Å². The Morgan fingerprint density at radius 1 is 0.303 bits per heavy atom. The molecule has 0 aliphatic heterocycles. The second-order valence-corrected chi connectivity index (χ2v) is 14.4. The predicted octanol–water partition coefficient (Wildman–Crippen LogP) is 8.41. The average molecular weight is 449 g/mol. The van der Waals surface area contributed by atoms with Gasteiger partial charge in [-0.15, -0.1) is 0 Å². The molecule has 0 spiro atoms. The minimum atomic E-state index is -1.53. The Bertz CT molecular complexity index is 863. The van der Waals surface area contributed by atoms with Crippen LogP contribution in [0.2, 0.25) is 24.2 Å². The summed E-state index contributed by atoms with van der Waals surface area (Å²) in [7, 11) is -1.53. The summed E-state index contributed by atoms with van der Waals surface area (Å²) in [6.07, 6.45) is 4.85. The summed E-state index contributed by atoms with van der Waals surface area (Å²) in [6.45, 7) is 0. The van der Waals surface area contributed by atoms with Gasteiger partial charge in [-0.25, -0.2) is 0 Å². The molecule has 4 rings (SSSR count). The van der Waals surface area contributed by atoms with E-state index >= 15 is 0 Å². The van der Waals surface area contributed by atoms with Gasteiger partial charge in [-0.05, 0) is 47.9 Å². The SMILES string of the molecule is c1ccc(CC[Si](CCc2ccccc2)(CCc2ccccc2)CCc2ccccc2)cc1. The first kappa shape index (κ1) is 23.3. The Morgan fingerprint density at radius 3 is 0.727 bits per heavy atom. The maximum atomic E-state index is 2.31. The number of benzene rings is 4. The van der Waals surface area contributed by atoms with Crippen LogP contribution in [-0.4, -0.2) is 8.07 Å². The van der Waals surface area contributed by atoms with E-state index < -0.39 is 8.07 Å². The van der Waals surface area contributed by atoms with E-state index in [0.717, 1.165) is 0 Å². The molecule has 0 saturated carbocycles. The van der Waals surface area contributed by atoms with Crippen LogP contribution in [0.25, 0.3) is 0 Å². The molecule has 4 aromatic rings. The van der Waals surface area contributed by atoms with Crippen LogP contribution in [0.3, 0.4) is 0 Å². The zero-order chi connectivity index (χ0) is 22.6. The van der Waals surface area contributed by atoms with Crippen LogP contribution < -0.4 is 0 Å². The van der Waals surface area contributed by atoms with Gasteiger partial charge < -0.3 is 0 Å². The standard InChI is InChI=1S/C32H36Si/c1-5-13-29(14-6-1)21-25-33(26-22-30-15-7-2-8-16-30,27-23-31-17-9-3-10-18-31)28-24-32-19-11-4-12-20-32/h1-20H,21-28H2. The van der Waals surface area contributed by atoms with E-state index in [1.807, 2.05) is 0 Å². The fraction of sp³-hybridized carbons (Fsp3) is 0.250.